The van der Waals surface area contributed by atoms with Crippen molar-refractivity contribution in [1.82, 2.24) is 15.3 Å². The van der Waals surface area contributed by atoms with Crippen LogP contribution in [0.15, 0.2) is 36.4 Å². The van der Waals surface area contributed by atoms with E-state index in [2.05, 4.69) is 15.3 Å². The third-order valence-electron chi connectivity index (χ3n) is 3.69. The Kier molecular flexibility index (Phi) is 5.68. The minimum absolute atomic E-state index is 0.00945. The summed E-state index contributed by atoms with van der Waals surface area (Å²) in [4.78, 5) is 23.3. The molecule has 1 N–H and O–H groups in total. The molecule has 1 unspecified atom stereocenters. The molecule has 0 saturated heterocycles. The van der Waals surface area contributed by atoms with Crippen molar-refractivity contribution >= 4 is 11.7 Å². The third kappa shape index (κ3) is 4.52. The van der Waals surface area contributed by atoms with Crippen LogP contribution in [-0.2, 0) is 11.3 Å². The van der Waals surface area contributed by atoms with Crippen LogP contribution in [0.2, 0.25) is 0 Å². The molecule has 0 fully saturated rings. The summed E-state index contributed by atoms with van der Waals surface area (Å²) in [6, 6.07) is 11.8. The molecule has 0 radical (unpaired) electrons. The van der Waals surface area contributed by atoms with Gasteiger partial charge < -0.3 is 10.2 Å². The molecule has 5 nitrogen and oxygen atoms in total. The zero-order chi connectivity index (χ0) is 16.8. The minimum atomic E-state index is -0.144. The molecule has 1 aromatic carbocycles. The van der Waals surface area contributed by atoms with Crippen molar-refractivity contribution in [2.75, 3.05) is 19.0 Å². The van der Waals surface area contributed by atoms with Gasteiger partial charge in [0.05, 0.1) is 12.5 Å². The Balaban J connectivity index is 2.06. The fourth-order valence-electron chi connectivity index (χ4n) is 2.47. The molecule has 2 aromatic rings. The Morgan fingerprint density at radius 3 is 2.52 bits per heavy atom. The largest absolute Gasteiger partial charge is 0.363 e. The van der Waals surface area contributed by atoms with Crippen molar-refractivity contribution in [2.24, 2.45) is 0 Å². The first-order chi connectivity index (χ1) is 11.0. The lowest BCUT2D eigenvalue weighted by molar-refractivity contribution is -0.122. The summed E-state index contributed by atoms with van der Waals surface area (Å²) >= 11 is 0. The Hall–Kier alpha value is -2.43. The van der Waals surface area contributed by atoms with Crippen LogP contribution in [0.25, 0.3) is 0 Å². The summed E-state index contributed by atoms with van der Waals surface area (Å²) in [5, 5.41) is 2.96. The molecule has 0 saturated carbocycles. The highest BCUT2D eigenvalue weighted by Crippen LogP contribution is 2.19. The number of rotatable bonds is 6. The number of aromatic nitrogens is 2. The van der Waals surface area contributed by atoms with E-state index in [0.717, 1.165) is 23.5 Å². The number of nitrogens with one attached hydrogen (secondary N) is 1. The van der Waals surface area contributed by atoms with Crippen molar-refractivity contribution in [3.8, 4) is 0 Å². The van der Waals surface area contributed by atoms with E-state index in [1.165, 1.54) is 0 Å². The fraction of sp³-hybridized carbons (Fsp3) is 0.389. The monoisotopic (exact) mass is 312 g/mol. The van der Waals surface area contributed by atoms with Crippen molar-refractivity contribution in [2.45, 2.75) is 32.7 Å². The van der Waals surface area contributed by atoms with Crippen LogP contribution in [0.4, 0.5) is 5.82 Å². The molecule has 1 amide bonds. The predicted octanol–water partition coefficient (Wildman–Crippen LogP) is 2.66. The highest BCUT2D eigenvalue weighted by molar-refractivity contribution is 5.83. The smallest absolute Gasteiger partial charge is 0.227 e. The molecule has 122 valence electrons. The predicted molar refractivity (Wildman–Crippen MR) is 92.4 cm³/mol. The van der Waals surface area contributed by atoms with E-state index in [0.29, 0.717) is 12.4 Å². The average molecular weight is 312 g/mol. The highest BCUT2D eigenvalue weighted by atomic mass is 16.1. The zero-order valence-corrected chi connectivity index (χ0v) is 14.2. The summed E-state index contributed by atoms with van der Waals surface area (Å²) in [7, 11) is 3.87. The molecule has 2 rings (SSSR count). The van der Waals surface area contributed by atoms with Gasteiger partial charge >= 0.3 is 0 Å². The second kappa shape index (κ2) is 7.72. The second-order valence-electron chi connectivity index (χ2n) is 5.77. The van der Waals surface area contributed by atoms with Gasteiger partial charge in [-0.15, -0.1) is 0 Å². The van der Waals surface area contributed by atoms with Gasteiger partial charge in [0.15, 0.2) is 0 Å². The lowest BCUT2D eigenvalue weighted by atomic mass is 9.96. The van der Waals surface area contributed by atoms with Gasteiger partial charge in [0.25, 0.3) is 0 Å². The highest BCUT2D eigenvalue weighted by Gasteiger charge is 2.18. The van der Waals surface area contributed by atoms with E-state index < -0.39 is 0 Å². The number of aryl methyl sites for hydroxylation is 1. The van der Waals surface area contributed by atoms with E-state index in [-0.39, 0.29) is 11.8 Å². The fourth-order valence-corrected chi connectivity index (χ4v) is 2.47. The van der Waals surface area contributed by atoms with E-state index in [9.17, 15) is 4.79 Å². The van der Waals surface area contributed by atoms with Crippen LogP contribution in [0.1, 0.15) is 36.3 Å². The van der Waals surface area contributed by atoms with E-state index in [4.69, 9.17) is 0 Å². The van der Waals surface area contributed by atoms with Gasteiger partial charge in [0.2, 0.25) is 5.91 Å². The molecule has 0 aliphatic carbocycles. The quantitative estimate of drug-likeness (QED) is 0.891. The van der Waals surface area contributed by atoms with Crippen LogP contribution in [-0.4, -0.2) is 30.0 Å². The number of carbonyl (C=O) groups excluding carboxylic acids is 1. The summed E-state index contributed by atoms with van der Waals surface area (Å²) in [6.07, 6.45) is 0.757. The van der Waals surface area contributed by atoms with Gasteiger partial charge in [-0.1, -0.05) is 37.3 Å². The van der Waals surface area contributed by atoms with Gasteiger partial charge in [-0.25, -0.2) is 9.97 Å². The van der Waals surface area contributed by atoms with Crippen LogP contribution in [0.5, 0.6) is 0 Å². The lowest BCUT2D eigenvalue weighted by Crippen LogP contribution is -2.29. The molecule has 5 heteroatoms. The zero-order valence-electron chi connectivity index (χ0n) is 14.2. The van der Waals surface area contributed by atoms with Crippen molar-refractivity contribution in [1.29, 1.82) is 0 Å². The summed E-state index contributed by atoms with van der Waals surface area (Å²) in [5.41, 5.74) is 1.93. The average Bonchev–Trinajstić information content (AvgIpc) is 2.54. The number of amides is 1. The first kappa shape index (κ1) is 16.9. The molecule has 0 aliphatic heterocycles. The number of anilines is 1. The van der Waals surface area contributed by atoms with Crippen LogP contribution in [0.3, 0.4) is 0 Å². The third-order valence-corrected chi connectivity index (χ3v) is 3.69. The second-order valence-corrected chi connectivity index (χ2v) is 5.77. The maximum absolute atomic E-state index is 12.5. The Morgan fingerprint density at radius 2 is 1.91 bits per heavy atom. The maximum Gasteiger partial charge on any atom is 0.227 e. The Labute approximate surface area is 137 Å². The molecular weight excluding hydrogens is 288 g/mol. The number of benzene rings is 1. The van der Waals surface area contributed by atoms with Gasteiger partial charge in [-0.3, -0.25) is 4.79 Å². The van der Waals surface area contributed by atoms with Gasteiger partial charge in [-0.2, -0.15) is 0 Å². The molecule has 0 spiro atoms. The summed E-state index contributed by atoms with van der Waals surface area (Å²) in [5.74, 6) is 1.34. The summed E-state index contributed by atoms with van der Waals surface area (Å²) in [6.45, 7) is 4.29. The molecular formula is C18H24N4O. The lowest BCUT2D eigenvalue weighted by Gasteiger charge is -2.16. The number of hydrogen-bond acceptors (Lipinski definition) is 4. The standard InChI is InChI=1S/C18H24N4O/c1-5-15(14-9-7-6-8-10-14)18(23)19-12-16-20-13(2)11-17(21-16)22(3)4/h6-11,15H,5,12H2,1-4H3,(H,19,23). The molecule has 1 aromatic heterocycles. The van der Waals surface area contributed by atoms with E-state index in [1.54, 1.807) is 0 Å². The van der Waals surface area contributed by atoms with Crippen LogP contribution in [0, 0.1) is 6.92 Å². The first-order valence-corrected chi connectivity index (χ1v) is 7.85. The maximum atomic E-state index is 12.5. The van der Waals surface area contributed by atoms with Gasteiger partial charge in [0, 0.05) is 25.9 Å². The minimum Gasteiger partial charge on any atom is -0.363 e. The first-order valence-electron chi connectivity index (χ1n) is 7.85. The number of carbonyl (C=O) groups is 1. The molecule has 1 heterocycles. The van der Waals surface area contributed by atoms with Crippen LogP contribution >= 0.6 is 0 Å². The van der Waals surface area contributed by atoms with Crippen molar-refractivity contribution in [3.63, 3.8) is 0 Å². The van der Waals surface area contributed by atoms with E-state index in [1.807, 2.05) is 69.2 Å². The van der Waals surface area contributed by atoms with Gasteiger partial charge in [0.1, 0.15) is 11.6 Å². The summed E-state index contributed by atoms with van der Waals surface area (Å²) < 4.78 is 0. The van der Waals surface area contributed by atoms with Gasteiger partial charge in [-0.05, 0) is 18.9 Å². The van der Waals surface area contributed by atoms with Crippen molar-refractivity contribution in [3.05, 3.63) is 53.5 Å². The topological polar surface area (TPSA) is 58.1 Å². The molecule has 1 atom stereocenters. The molecule has 0 aliphatic rings. The number of nitrogens with zero attached hydrogens (tertiary/aromatic N) is 3. The van der Waals surface area contributed by atoms with E-state index >= 15 is 0 Å². The van der Waals surface area contributed by atoms with Crippen LogP contribution < -0.4 is 10.2 Å². The Morgan fingerprint density at radius 1 is 1.22 bits per heavy atom. The van der Waals surface area contributed by atoms with Crippen molar-refractivity contribution < 1.29 is 4.79 Å². The molecule has 0 bridgehead atoms. The molecule has 23 heavy (non-hydrogen) atoms. The SMILES string of the molecule is CCC(C(=O)NCc1nc(C)cc(N(C)C)n1)c1ccccc1. The normalized spacial score (nSPS) is 11.8. The Bertz CT molecular complexity index is 655. The number of hydrogen-bond donors (Lipinski definition) is 1.